The van der Waals surface area contributed by atoms with Crippen LogP contribution in [0, 0.1) is 5.92 Å². The number of aromatic nitrogens is 3. The average molecular weight is 374 g/mol. The molecule has 148 valence electrons. The molecule has 3 fully saturated rings. The molecular weight excluding hydrogens is 344 g/mol. The van der Waals surface area contributed by atoms with E-state index < -0.39 is 0 Å². The Labute approximate surface area is 160 Å². The molecule has 0 aromatic carbocycles. The molecule has 0 radical (unpaired) electrons. The van der Waals surface area contributed by atoms with Gasteiger partial charge in [-0.1, -0.05) is 19.3 Å². The lowest BCUT2D eigenvalue weighted by atomic mass is 9.88. The van der Waals surface area contributed by atoms with E-state index in [9.17, 15) is 9.59 Å². The molecular formula is C19H30N6O2. The van der Waals surface area contributed by atoms with Crippen LogP contribution in [-0.2, 0) is 16.1 Å². The first-order valence-corrected chi connectivity index (χ1v) is 10.4. The highest BCUT2D eigenvalue weighted by atomic mass is 16.2. The van der Waals surface area contributed by atoms with Crippen LogP contribution in [0.25, 0.3) is 0 Å². The van der Waals surface area contributed by atoms with Crippen LogP contribution in [0.1, 0.15) is 50.8 Å². The molecule has 2 amide bonds. The van der Waals surface area contributed by atoms with Crippen molar-refractivity contribution in [3.8, 4) is 0 Å². The minimum atomic E-state index is -0.236. The molecule has 2 aliphatic heterocycles. The summed E-state index contributed by atoms with van der Waals surface area (Å²) >= 11 is 0. The molecule has 3 heterocycles. The van der Waals surface area contributed by atoms with E-state index in [-0.39, 0.29) is 23.8 Å². The summed E-state index contributed by atoms with van der Waals surface area (Å²) in [5.74, 6) is 1.38. The van der Waals surface area contributed by atoms with E-state index in [0.29, 0.717) is 0 Å². The summed E-state index contributed by atoms with van der Waals surface area (Å²) in [6.45, 7) is 4.57. The molecule has 8 nitrogen and oxygen atoms in total. The Hall–Kier alpha value is -1.96. The molecule has 2 saturated heterocycles. The van der Waals surface area contributed by atoms with Gasteiger partial charge in [0.05, 0.1) is 6.54 Å². The normalized spacial score (nSPS) is 25.1. The van der Waals surface area contributed by atoms with Crippen molar-refractivity contribution in [2.75, 3.05) is 32.7 Å². The summed E-state index contributed by atoms with van der Waals surface area (Å²) in [4.78, 5) is 36.4. The van der Waals surface area contributed by atoms with Gasteiger partial charge in [0.2, 0.25) is 11.8 Å². The summed E-state index contributed by atoms with van der Waals surface area (Å²) in [6, 6.07) is -0.236. The fourth-order valence-corrected chi connectivity index (χ4v) is 4.73. The van der Waals surface area contributed by atoms with E-state index in [0.717, 1.165) is 83.6 Å². The van der Waals surface area contributed by atoms with Crippen LogP contribution in [0.2, 0.25) is 0 Å². The molecule has 1 saturated carbocycles. The molecule has 0 unspecified atom stereocenters. The van der Waals surface area contributed by atoms with Gasteiger partial charge >= 0.3 is 0 Å². The van der Waals surface area contributed by atoms with E-state index in [2.05, 4.69) is 20.1 Å². The molecule has 4 rings (SSSR count). The predicted molar refractivity (Wildman–Crippen MR) is 99.5 cm³/mol. The molecule has 0 spiro atoms. The second-order valence-electron chi connectivity index (χ2n) is 8.06. The van der Waals surface area contributed by atoms with Crippen molar-refractivity contribution in [1.29, 1.82) is 0 Å². The van der Waals surface area contributed by atoms with Crippen LogP contribution in [0.4, 0.5) is 0 Å². The highest BCUT2D eigenvalue weighted by molar-refractivity contribution is 5.89. The minimum absolute atomic E-state index is 0.144. The SMILES string of the molecule is O=C([C@@H]1CCCN1C(=O)C1CCCCC1)N1CCN(Cc2ncn[nH]2)CC1. The maximum absolute atomic E-state index is 13.1. The number of hydrogen-bond acceptors (Lipinski definition) is 5. The van der Waals surface area contributed by atoms with Gasteiger partial charge in [0, 0.05) is 38.6 Å². The van der Waals surface area contributed by atoms with Crippen LogP contribution in [0.3, 0.4) is 0 Å². The third kappa shape index (κ3) is 4.15. The van der Waals surface area contributed by atoms with Gasteiger partial charge in [-0.15, -0.1) is 0 Å². The molecule has 1 aromatic rings. The second kappa shape index (κ2) is 8.37. The monoisotopic (exact) mass is 374 g/mol. The third-order valence-corrected chi connectivity index (χ3v) is 6.30. The molecule has 1 aliphatic carbocycles. The second-order valence-corrected chi connectivity index (χ2v) is 8.06. The Morgan fingerprint density at radius 2 is 1.74 bits per heavy atom. The van der Waals surface area contributed by atoms with Crippen LogP contribution >= 0.6 is 0 Å². The summed E-state index contributed by atoms with van der Waals surface area (Å²) in [5.41, 5.74) is 0. The van der Waals surface area contributed by atoms with Gasteiger partial charge in [-0.25, -0.2) is 4.98 Å². The van der Waals surface area contributed by atoms with Crippen LogP contribution in [0.5, 0.6) is 0 Å². The van der Waals surface area contributed by atoms with Crippen molar-refractivity contribution < 1.29 is 9.59 Å². The quantitative estimate of drug-likeness (QED) is 0.850. The smallest absolute Gasteiger partial charge is 0.245 e. The van der Waals surface area contributed by atoms with Gasteiger partial charge in [-0.3, -0.25) is 19.6 Å². The van der Waals surface area contributed by atoms with E-state index in [1.54, 1.807) is 0 Å². The highest BCUT2D eigenvalue weighted by Gasteiger charge is 2.39. The first-order valence-electron chi connectivity index (χ1n) is 10.4. The van der Waals surface area contributed by atoms with Crippen molar-refractivity contribution >= 4 is 11.8 Å². The van der Waals surface area contributed by atoms with E-state index in [4.69, 9.17) is 0 Å². The molecule has 3 aliphatic rings. The number of H-pyrrole nitrogens is 1. The van der Waals surface area contributed by atoms with Gasteiger partial charge in [-0.05, 0) is 25.7 Å². The molecule has 27 heavy (non-hydrogen) atoms. The number of hydrogen-bond donors (Lipinski definition) is 1. The van der Waals surface area contributed by atoms with Crippen molar-refractivity contribution in [3.05, 3.63) is 12.2 Å². The van der Waals surface area contributed by atoms with Crippen molar-refractivity contribution in [2.24, 2.45) is 5.92 Å². The largest absolute Gasteiger partial charge is 0.338 e. The predicted octanol–water partition coefficient (Wildman–Crippen LogP) is 1.02. The van der Waals surface area contributed by atoms with Crippen LogP contribution < -0.4 is 0 Å². The Bertz CT molecular complexity index is 635. The Balaban J connectivity index is 1.31. The van der Waals surface area contributed by atoms with Gasteiger partial charge in [-0.2, -0.15) is 5.10 Å². The van der Waals surface area contributed by atoms with Crippen LogP contribution in [0.15, 0.2) is 6.33 Å². The topological polar surface area (TPSA) is 85.4 Å². The highest BCUT2D eigenvalue weighted by Crippen LogP contribution is 2.29. The number of aromatic amines is 1. The number of rotatable bonds is 4. The number of nitrogens with zero attached hydrogens (tertiary/aromatic N) is 5. The first kappa shape index (κ1) is 18.4. The van der Waals surface area contributed by atoms with E-state index in [1.165, 1.54) is 12.7 Å². The molecule has 1 N–H and O–H groups in total. The fourth-order valence-electron chi connectivity index (χ4n) is 4.73. The number of likely N-dealkylation sites (tertiary alicyclic amines) is 1. The summed E-state index contributed by atoms with van der Waals surface area (Å²) < 4.78 is 0. The average Bonchev–Trinajstić information content (AvgIpc) is 3.40. The van der Waals surface area contributed by atoms with Crippen molar-refractivity contribution in [3.63, 3.8) is 0 Å². The van der Waals surface area contributed by atoms with Crippen LogP contribution in [-0.4, -0.2) is 80.5 Å². The Morgan fingerprint density at radius 1 is 0.963 bits per heavy atom. The number of nitrogens with one attached hydrogen (secondary N) is 1. The van der Waals surface area contributed by atoms with Gasteiger partial charge in [0.1, 0.15) is 18.2 Å². The summed E-state index contributed by atoms with van der Waals surface area (Å²) in [6.07, 6.45) is 8.81. The van der Waals surface area contributed by atoms with Gasteiger partial charge in [0.15, 0.2) is 0 Å². The first-order chi connectivity index (χ1) is 13.2. The zero-order chi connectivity index (χ0) is 18.6. The standard InChI is InChI=1S/C19H30N6O2/c26-18(15-5-2-1-3-6-15)25-8-4-7-16(25)19(27)24-11-9-23(10-12-24)13-17-20-14-21-22-17/h14-16H,1-13H2,(H,20,21,22)/t16-/m0/s1. The maximum atomic E-state index is 13.1. The third-order valence-electron chi connectivity index (χ3n) is 6.30. The van der Waals surface area contributed by atoms with E-state index in [1.807, 2.05) is 9.80 Å². The lowest BCUT2D eigenvalue weighted by molar-refractivity contribution is -0.147. The molecule has 1 atom stereocenters. The molecule has 0 bridgehead atoms. The van der Waals surface area contributed by atoms with E-state index >= 15 is 0 Å². The maximum Gasteiger partial charge on any atom is 0.245 e. The number of amides is 2. The number of piperazine rings is 1. The fraction of sp³-hybridized carbons (Fsp3) is 0.789. The summed E-state index contributed by atoms with van der Waals surface area (Å²) in [7, 11) is 0. The number of carbonyl (C=O) groups is 2. The lowest BCUT2D eigenvalue weighted by Crippen LogP contribution is -2.54. The van der Waals surface area contributed by atoms with Gasteiger partial charge < -0.3 is 9.80 Å². The Kier molecular flexibility index (Phi) is 5.71. The van der Waals surface area contributed by atoms with Crippen molar-refractivity contribution in [1.82, 2.24) is 29.9 Å². The zero-order valence-electron chi connectivity index (χ0n) is 16.0. The molecule has 1 aromatic heterocycles. The Morgan fingerprint density at radius 3 is 2.44 bits per heavy atom. The lowest BCUT2D eigenvalue weighted by Gasteiger charge is -2.37. The number of carbonyl (C=O) groups excluding carboxylic acids is 2. The zero-order valence-corrected chi connectivity index (χ0v) is 16.0. The minimum Gasteiger partial charge on any atom is -0.338 e. The molecule has 8 heteroatoms. The van der Waals surface area contributed by atoms with Crippen molar-refractivity contribution in [2.45, 2.75) is 57.5 Å². The summed E-state index contributed by atoms with van der Waals surface area (Å²) in [5, 5.41) is 6.77. The van der Waals surface area contributed by atoms with Gasteiger partial charge in [0.25, 0.3) is 0 Å².